The average Bonchev–Trinajstić information content (AvgIpc) is 3.65. The van der Waals surface area contributed by atoms with Gasteiger partial charge in [-0.15, -0.1) is 0 Å². The summed E-state index contributed by atoms with van der Waals surface area (Å²) in [6.07, 6.45) is 6.65. The Hall–Kier alpha value is -4.16. The SMILES string of the molecule is N#Cc1cnc2cnc(N[C@@H]3CCN(C(=O)OC4CCNC4)C3)cc2c1-c1c[nH]c2ccccc12. The van der Waals surface area contributed by atoms with Gasteiger partial charge in [-0.2, -0.15) is 5.26 Å². The molecule has 0 aliphatic carbocycles. The van der Waals surface area contributed by atoms with Gasteiger partial charge >= 0.3 is 6.09 Å². The van der Waals surface area contributed by atoms with E-state index in [0.29, 0.717) is 24.5 Å². The minimum Gasteiger partial charge on any atom is -0.445 e. The highest BCUT2D eigenvalue weighted by atomic mass is 16.6. The first-order valence-electron chi connectivity index (χ1n) is 11.9. The van der Waals surface area contributed by atoms with Gasteiger partial charge in [-0.25, -0.2) is 9.78 Å². The zero-order valence-electron chi connectivity index (χ0n) is 19.1. The van der Waals surface area contributed by atoms with E-state index in [1.807, 2.05) is 36.5 Å². The van der Waals surface area contributed by atoms with Gasteiger partial charge in [0.2, 0.25) is 0 Å². The summed E-state index contributed by atoms with van der Waals surface area (Å²) in [4.78, 5) is 26.6. The number of fused-ring (bicyclic) bond motifs is 2. The molecule has 0 spiro atoms. The summed E-state index contributed by atoms with van der Waals surface area (Å²) >= 11 is 0. The van der Waals surface area contributed by atoms with E-state index in [-0.39, 0.29) is 18.2 Å². The number of aromatic nitrogens is 3. The Morgan fingerprint density at radius 3 is 2.97 bits per heavy atom. The van der Waals surface area contributed by atoms with Crippen LogP contribution in [-0.4, -0.2) is 64.3 Å². The molecule has 176 valence electrons. The number of likely N-dealkylation sites (tertiary alicyclic amines) is 1. The summed E-state index contributed by atoms with van der Waals surface area (Å²) in [7, 11) is 0. The van der Waals surface area contributed by atoms with Crippen LogP contribution in [0.4, 0.5) is 10.6 Å². The summed E-state index contributed by atoms with van der Waals surface area (Å²) in [5.41, 5.74) is 4.03. The second-order valence-corrected chi connectivity index (χ2v) is 9.07. The molecule has 5 heterocycles. The lowest BCUT2D eigenvalue weighted by Crippen LogP contribution is -2.35. The minimum absolute atomic E-state index is 0.0403. The number of aromatic amines is 1. The summed E-state index contributed by atoms with van der Waals surface area (Å²) in [6, 6.07) is 12.4. The molecule has 2 fully saturated rings. The second-order valence-electron chi connectivity index (χ2n) is 9.07. The van der Waals surface area contributed by atoms with Crippen LogP contribution in [0.25, 0.3) is 32.9 Å². The smallest absolute Gasteiger partial charge is 0.410 e. The maximum Gasteiger partial charge on any atom is 0.410 e. The molecule has 0 radical (unpaired) electrons. The lowest BCUT2D eigenvalue weighted by molar-refractivity contribution is 0.0766. The number of para-hydroxylation sites is 1. The maximum absolute atomic E-state index is 12.5. The highest BCUT2D eigenvalue weighted by Gasteiger charge is 2.30. The first-order valence-corrected chi connectivity index (χ1v) is 11.9. The molecule has 2 aliphatic heterocycles. The predicted octanol–water partition coefficient (Wildman–Crippen LogP) is 3.63. The molecule has 9 heteroatoms. The summed E-state index contributed by atoms with van der Waals surface area (Å²) in [5, 5.41) is 18.4. The molecular weight excluding hydrogens is 442 g/mol. The van der Waals surface area contributed by atoms with Gasteiger partial charge in [-0.1, -0.05) is 18.2 Å². The zero-order valence-corrected chi connectivity index (χ0v) is 19.1. The van der Waals surface area contributed by atoms with Crippen LogP contribution in [0.2, 0.25) is 0 Å². The van der Waals surface area contributed by atoms with Crippen molar-refractivity contribution in [2.45, 2.75) is 25.0 Å². The number of hydrogen-bond acceptors (Lipinski definition) is 7. The third kappa shape index (κ3) is 4.02. The molecule has 9 nitrogen and oxygen atoms in total. The fourth-order valence-corrected chi connectivity index (χ4v) is 5.03. The van der Waals surface area contributed by atoms with Crippen molar-refractivity contribution in [3.63, 3.8) is 0 Å². The van der Waals surface area contributed by atoms with Gasteiger partial charge in [-0.3, -0.25) is 4.98 Å². The van der Waals surface area contributed by atoms with Crippen molar-refractivity contribution in [1.29, 1.82) is 5.26 Å². The number of benzene rings is 1. The molecule has 0 saturated carbocycles. The zero-order chi connectivity index (χ0) is 23.8. The molecular formula is C26H25N7O2. The van der Waals surface area contributed by atoms with Crippen LogP contribution in [0.3, 0.4) is 0 Å². The van der Waals surface area contributed by atoms with Crippen LogP contribution >= 0.6 is 0 Å². The van der Waals surface area contributed by atoms with Crippen LogP contribution in [0.15, 0.2) is 48.9 Å². The molecule has 2 saturated heterocycles. The van der Waals surface area contributed by atoms with E-state index in [0.717, 1.165) is 58.9 Å². The predicted molar refractivity (Wildman–Crippen MR) is 133 cm³/mol. The molecule has 0 bridgehead atoms. The molecule has 35 heavy (non-hydrogen) atoms. The third-order valence-electron chi connectivity index (χ3n) is 6.81. The molecule has 3 aromatic heterocycles. The monoisotopic (exact) mass is 467 g/mol. The van der Waals surface area contributed by atoms with Crippen molar-refractivity contribution in [1.82, 2.24) is 25.2 Å². The average molecular weight is 468 g/mol. The fraction of sp³-hybridized carbons (Fsp3) is 0.308. The number of ether oxygens (including phenoxy) is 1. The Morgan fingerprint density at radius 1 is 1.20 bits per heavy atom. The number of rotatable bonds is 4. The topological polar surface area (TPSA) is 119 Å². The van der Waals surface area contributed by atoms with Crippen molar-refractivity contribution in [3.8, 4) is 17.2 Å². The number of nitriles is 1. The largest absolute Gasteiger partial charge is 0.445 e. The van der Waals surface area contributed by atoms with E-state index >= 15 is 0 Å². The van der Waals surface area contributed by atoms with Crippen molar-refractivity contribution < 1.29 is 9.53 Å². The van der Waals surface area contributed by atoms with Crippen molar-refractivity contribution in [2.75, 3.05) is 31.5 Å². The second kappa shape index (κ2) is 8.89. The van der Waals surface area contributed by atoms with Gasteiger partial charge in [0.15, 0.2) is 0 Å². The number of hydrogen-bond donors (Lipinski definition) is 3. The Labute approximate surface area is 202 Å². The molecule has 2 aliphatic rings. The Bertz CT molecular complexity index is 1450. The van der Waals surface area contributed by atoms with E-state index in [1.165, 1.54) is 0 Å². The summed E-state index contributed by atoms with van der Waals surface area (Å²) in [5.74, 6) is 0.690. The van der Waals surface area contributed by atoms with E-state index in [2.05, 4.69) is 31.7 Å². The Kier molecular flexibility index (Phi) is 5.43. The fourth-order valence-electron chi connectivity index (χ4n) is 5.03. The van der Waals surface area contributed by atoms with Crippen molar-refractivity contribution in [3.05, 3.63) is 54.5 Å². The van der Waals surface area contributed by atoms with Crippen LogP contribution < -0.4 is 10.6 Å². The van der Waals surface area contributed by atoms with E-state index in [1.54, 1.807) is 17.3 Å². The van der Waals surface area contributed by atoms with Gasteiger partial charge in [0.25, 0.3) is 0 Å². The molecule has 1 amide bonds. The summed E-state index contributed by atoms with van der Waals surface area (Å²) < 4.78 is 5.61. The summed E-state index contributed by atoms with van der Waals surface area (Å²) in [6.45, 7) is 2.81. The Morgan fingerprint density at radius 2 is 2.11 bits per heavy atom. The van der Waals surface area contributed by atoms with Crippen LogP contribution in [0.1, 0.15) is 18.4 Å². The van der Waals surface area contributed by atoms with Crippen molar-refractivity contribution >= 4 is 33.7 Å². The number of carbonyl (C=O) groups excluding carboxylic acids is 1. The minimum atomic E-state index is -0.251. The normalized spacial score (nSPS) is 19.8. The quantitative estimate of drug-likeness (QED) is 0.419. The highest BCUT2D eigenvalue weighted by molar-refractivity contribution is 6.06. The first kappa shape index (κ1) is 21.4. The molecule has 2 atom stereocenters. The molecule has 4 aromatic rings. The third-order valence-corrected chi connectivity index (χ3v) is 6.81. The lowest BCUT2D eigenvalue weighted by Gasteiger charge is -2.19. The number of anilines is 1. The number of amides is 1. The molecule has 3 N–H and O–H groups in total. The molecule has 1 unspecified atom stereocenters. The Balaban J connectivity index is 1.27. The number of H-pyrrole nitrogens is 1. The molecule has 1 aromatic carbocycles. The molecule has 6 rings (SSSR count). The van der Waals surface area contributed by atoms with Crippen LogP contribution in [0, 0.1) is 11.3 Å². The standard InChI is InChI=1S/C26H25N7O2/c27-10-16-11-29-23-14-31-24(9-20(23)25(16)21-13-30-22-4-2-1-3-19(21)22)32-17-6-8-33(15-17)26(34)35-18-5-7-28-12-18/h1-4,9,11,13-14,17-18,28,30H,5-8,12,15H2,(H,31,32)/t17-,18?/m1/s1. The van der Waals surface area contributed by atoms with Crippen LogP contribution in [-0.2, 0) is 4.74 Å². The number of nitrogens with zero attached hydrogens (tertiary/aromatic N) is 4. The van der Waals surface area contributed by atoms with Gasteiger partial charge in [0, 0.05) is 65.5 Å². The van der Waals surface area contributed by atoms with Crippen LogP contribution in [0.5, 0.6) is 0 Å². The van der Waals surface area contributed by atoms with Crippen molar-refractivity contribution in [2.24, 2.45) is 0 Å². The van der Waals surface area contributed by atoms with E-state index in [4.69, 9.17) is 4.74 Å². The van der Waals surface area contributed by atoms with Gasteiger partial charge in [0.05, 0.1) is 17.3 Å². The highest BCUT2D eigenvalue weighted by Crippen LogP contribution is 2.36. The van der Waals surface area contributed by atoms with Gasteiger partial charge < -0.3 is 25.3 Å². The van der Waals surface area contributed by atoms with E-state index in [9.17, 15) is 10.1 Å². The first-order chi connectivity index (χ1) is 17.2. The maximum atomic E-state index is 12.5. The van der Waals surface area contributed by atoms with Gasteiger partial charge in [0.1, 0.15) is 18.0 Å². The number of nitrogens with one attached hydrogen (secondary N) is 3. The number of pyridine rings is 2. The van der Waals surface area contributed by atoms with Gasteiger partial charge in [-0.05, 0) is 31.5 Å². The lowest BCUT2D eigenvalue weighted by atomic mass is 9.97. The number of carbonyl (C=O) groups is 1. The van der Waals surface area contributed by atoms with E-state index < -0.39 is 0 Å².